The van der Waals surface area contributed by atoms with E-state index in [0.29, 0.717) is 51.1 Å². The van der Waals surface area contributed by atoms with Crippen molar-refractivity contribution in [2.45, 2.75) is 37.7 Å². The van der Waals surface area contributed by atoms with Crippen molar-refractivity contribution in [3.63, 3.8) is 0 Å². The average Bonchev–Trinajstić information content (AvgIpc) is 3.08. The minimum absolute atomic E-state index is 0.0113. The van der Waals surface area contributed by atoms with Gasteiger partial charge in [-0.15, -0.1) is 0 Å². The predicted octanol–water partition coefficient (Wildman–Crippen LogP) is 0.549. The van der Waals surface area contributed by atoms with Gasteiger partial charge in [-0.05, 0) is 37.6 Å². The summed E-state index contributed by atoms with van der Waals surface area (Å²) in [5, 5.41) is 13.1. The number of nitrogens with two attached hydrogens (primary N) is 1. The Morgan fingerprint density at radius 2 is 1.82 bits per heavy atom. The van der Waals surface area contributed by atoms with E-state index < -0.39 is 11.0 Å². The van der Waals surface area contributed by atoms with E-state index in [2.05, 4.69) is 10.3 Å². The van der Waals surface area contributed by atoms with Crippen molar-refractivity contribution in [2.75, 3.05) is 46.3 Å². The number of benzene rings is 1. The molecule has 0 aliphatic carbocycles. The Morgan fingerprint density at radius 1 is 1.15 bits per heavy atom. The van der Waals surface area contributed by atoms with Gasteiger partial charge in [0, 0.05) is 57.0 Å². The number of ether oxygens (including phenoxy) is 1. The predicted molar refractivity (Wildman–Crippen MR) is 144 cm³/mol. The fourth-order valence-electron chi connectivity index (χ4n) is 4.46. The number of carbonyl (C=O) groups excluding carboxylic acids is 4. The van der Waals surface area contributed by atoms with E-state index in [1.54, 1.807) is 9.80 Å². The summed E-state index contributed by atoms with van der Waals surface area (Å²) in [6.45, 7) is 3.54. The number of alkyl carbamates (subject to hydrolysis) is 1. The van der Waals surface area contributed by atoms with E-state index in [4.69, 9.17) is 10.5 Å². The van der Waals surface area contributed by atoms with Crippen molar-refractivity contribution >= 4 is 46.4 Å². The second kappa shape index (κ2) is 13.9. The number of rotatable bonds is 7. The van der Waals surface area contributed by atoms with E-state index in [9.17, 15) is 29.3 Å². The number of nitro groups is 1. The highest BCUT2D eigenvalue weighted by molar-refractivity contribution is 8.14. The summed E-state index contributed by atoms with van der Waals surface area (Å²) < 4.78 is 5.01. The van der Waals surface area contributed by atoms with Crippen LogP contribution in [-0.4, -0.2) is 106 Å². The highest BCUT2D eigenvalue weighted by Crippen LogP contribution is 2.28. The van der Waals surface area contributed by atoms with Gasteiger partial charge in [0.2, 0.25) is 11.8 Å². The van der Waals surface area contributed by atoms with Crippen LogP contribution in [0, 0.1) is 10.1 Å². The number of hydrogen-bond acceptors (Lipinski definition) is 10. The fraction of sp³-hybridized carbons (Fsp3) is 0.542. The lowest BCUT2D eigenvalue weighted by atomic mass is 10.2. The summed E-state index contributed by atoms with van der Waals surface area (Å²) in [6.07, 6.45) is 0.355. The zero-order chi connectivity index (χ0) is 28.5. The maximum Gasteiger partial charge on any atom is 0.414 e. The monoisotopic (exact) mass is 563 g/mol. The van der Waals surface area contributed by atoms with Crippen molar-refractivity contribution in [1.82, 2.24) is 20.0 Å². The van der Waals surface area contributed by atoms with Crippen LogP contribution >= 0.6 is 11.8 Å². The van der Waals surface area contributed by atoms with Crippen molar-refractivity contribution in [2.24, 2.45) is 10.7 Å². The standard InChI is InChI=1S/C24H33N7O7S/c1-16(32)39-19-12-20(28(2)14-19)22(34)30-9-3-8-29(10-11-30)21(33)13-26-23(25)27-24(35)38-15-17-4-6-18(7-5-17)31(36)37/h4-7,19-20H,3,8-15H2,1-2H3,(H3,25,26,27,35)/t19-,20-/m0/s1. The van der Waals surface area contributed by atoms with Crippen LogP contribution in [0.3, 0.4) is 0 Å². The number of likely N-dealkylation sites (tertiary alicyclic amines) is 1. The Kier molecular flexibility index (Phi) is 10.6. The molecule has 2 atom stereocenters. The molecule has 1 aromatic carbocycles. The zero-order valence-electron chi connectivity index (χ0n) is 21.9. The molecular weight excluding hydrogens is 530 g/mol. The molecule has 2 heterocycles. The van der Waals surface area contributed by atoms with Gasteiger partial charge in [-0.2, -0.15) is 0 Å². The molecule has 3 amide bonds. The van der Waals surface area contributed by atoms with E-state index in [1.807, 2.05) is 11.9 Å². The van der Waals surface area contributed by atoms with Gasteiger partial charge in [-0.25, -0.2) is 9.79 Å². The first-order valence-electron chi connectivity index (χ1n) is 12.4. The van der Waals surface area contributed by atoms with Crippen molar-refractivity contribution in [1.29, 1.82) is 0 Å². The molecule has 39 heavy (non-hydrogen) atoms. The number of non-ortho nitro benzene ring substituents is 1. The minimum atomic E-state index is -0.883. The van der Waals surface area contributed by atoms with Crippen LogP contribution in [0.2, 0.25) is 0 Å². The van der Waals surface area contributed by atoms with Gasteiger partial charge in [0.1, 0.15) is 13.2 Å². The van der Waals surface area contributed by atoms with Crippen molar-refractivity contribution in [3.8, 4) is 0 Å². The highest BCUT2D eigenvalue weighted by Gasteiger charge is 2.38. The van der Waals surface area contributed by atoms with Crippen LogP contribution in [0.5, 0.6) is 0 Å². The summed E-state index contributed by atoms with van der Waals surface area (Å²) >= 11 is 1.27. The quantitative estimate of drug-likeness (QED) is 0.206. The normalized spacial score (nSPS) is 20.3. The number of carbonyl (C=O) groups is 4. The lowest BCUT2D eigenvalue weighted by Gasteiger charge is -2.27. The molecule has 1 aromatic rings. The van der Waals surface area contributed by atoms with Crippen LogP contribution in [0.1, 0.15) is 25.3 Å². The number of likely N-dealkylation sites (N-methyl/N-ethyl adjacent to an activating group) is 1. The maximum absolute atomic E-state index is 13.1. The lowest BCUT2D eigenvalue weighted by Crippen LogP contribution is -2.46. The summed E-state index contributed by atoms with van der Waals surface area (Å²) in [4.78, 5) is 68.7. The summed E-state index contributed by atoms with van der Waals surface area (Å²) in [5.74, 6) is -0.563. The number of aliphatic imine (C=N–C) groups is 1. The average molecular weight is 564 g/mol. The van der Waals surface area contributed by atoms with E-state index in [1.165, 1.54) is 43.0 Å². The van der Waals surface area contributed by atoms with Gasteiger partial charge in [0.15, 0.2) is 11.1 Å². The highest BCUT2D eigenvalue weighted by atomic mass is 32.2. The second-order valence-corrected chi connectivity index (χ2v) is 10.8. The SMILES string of the molecule is CC(=O)S[C@H]1C[C@@H](C(=O)N2CCCN(C(=O)CN=C(N)NC(=O)OCc3ccc([N+](=O)[O-])cc3)CC2)N(C)C1. The molecule has 0 bridgehead atoms. The van der Waals surface area contributed by atoms with Gasteiger partial charge in [0.25, 0.3) is 5.69 Å². The third-order valence-corrected chi connectivity index (χ3v) is 7.43. The van der Waals surface area contributed by atoms with Crippen LogP contribution in [0.15, 0.2) is 29.3 Å². The first kappa shape index (κ1) is 29.8. The maximum atomic E-state index is 13.1. The van der Waals surface area contributed by atoms with Gasteiger partial charge >= 0.3 is 6.09 Å². The number of nitrogens with one attached hydrogen (secondary N) is 1. The topological polar surface area (TPSA) is 181 Å². The number of guanidine groups is 1. The Morgan fingerprint density at radius 3 is 2.49 bits per heavy atom. The fourth-order valence-corrected chi connectivity index (χ4v) is 5.51. The Hall–Kier alpha value is -3.72. The third kappa shape index (κ3) is 8.92. The molecule has 0 aromatic heterocycles. The molecule has 0 unspecified atom stereocenters. The molecule has 14 nitrogen and oxygen atoms in total. The molecule has 3 N–H and O–H groups in total. The number of hydrogen-bond donors (Lipinski definition) is 2. The molecule has 0 spiro atoms. The zero-order valence-corrected chi connectivity index (χ0v) is 22.7. The summed E-state index contributed by atoms with van der Waals surface area (Å²) in [7, 11) is 1.89. The largest absolute Gasteiger partial charge is 0.444 e. The van der Waals surface area contributed by atoms with Crippen LogP contribution in [0.4, 0.5) is 10.5 Å². The molecule has 2 aliphatic rings. The summed E-state index contributed by atoms with van der Waals surface area (Å²) in [6, 6.07) is 5.25. The van der Waals surface area contributed by atoms with Crippen molar-refractivity contribution < 1.29 is 28.8 Å². The van der Waals surface area contributed by atoms with E-state index in [0.717, 1.165) is 0 Å². The molecular formula is C24H33N7O7S. The first-order valence-corrected chi connectivity index (χ1v) is 13.3. The van der Waals surface area contributed by atoms with Gasteiger partial charge < -0.3 is 20.3 Å². The Bertz CT molecular complexity index is 1110. The molecule has 15 heteroatoms. The number of nitrogens with zero attached hydrogens (tertiary/aromatic N) is 5. The van der Waals surface area contributed by atoms with Crippen molar-refractivity contribution in [3.05, 3.63) is 39.9 Å². The number of amides is 3. The van der Waals surface area contributed by atoms with Gasteiger partial charge in [0.05, 0.1) is 11.0 Å². The van der Waals surface area contributed by atoms with Gasteiger partial charge in [-0.3, -0.25) is 34.7 Å². The van der Waals surface area contributed by atoms with Crippen LogP contribution < -0.4 is 11.1 Å². The second-order valence-electron chi connectivity index (χ2n) is 9.31. The smallest absolute Gasteiger partial charge is 0.414 e. The molecule has 2 fully saturated rings. The van der Waals surface area contributed by atoms with Crippen LogP contribution in [-0.2, 0) is 25.7 Å². The third-order valence-electron chi connectivity index (χ3n) is 6.42. The number of nitro benzene ring substituents is 1. The molecule has 0 radical (unpaired) electrons. The molecule has 3 rings (SSSR count). The Labute approximate surface area is 230 Å². The van der Waals surface area contributed by atoms with Crippen LogP contribution in [0.25, 0.3) is 0 Å². The molecule has 212 valence electrons. The number of thioether (sulfide) groups is 1. The molecule has 2 saturated heterocycles. The lowest BCUT2D eigenvalue weighted by molar-refractivity contribution is -0.384. The Balaban J connectivity index is 1.42. The minimum Gasteiger partial charge on any atom is -0.444 e. The first-order chi connectivity index (χ1) is 18.5. The van der Waals surface area contributed by atoms with E-state index >= 15 is 0 Å². The molecule has 0 saturated carbocycles. The molecule has 2 aliphatic heterocycles. The van der Waals surface area contributed by atoms with Gasteiger partial charge in [-0.1, -0.05) is 11.8 Å². The summed E-state index contributed by atoms with van der Waals surface area (Å²) in [5.41, 5.74) is 6.17. The van der Waals surface area contributed by atoms with E-state index in [-0.39, 0.29) is 53.0 Å².